The fraction of sp³-hybridized carbons (Fsp3) is 0.519. The van der Waals surface area contributed by atoms with E-state index in [1.807, 2.05) is 20.8 Å². The standard InChI is InChI=1S/C27H36N4O4/c1-17(2)23-5-4-6-24(31(23)34)26(32)30-22-13-19(15-29-20-9-11-27(3,33)12-10-20)21(28)14-25(22)35-16-18-7-8-18/h4-6,13-15,17-18,20,28,32-34H,7-12,16H2,1-3H3/p+1. The van der Waals surface area contributed by atoms with Crippen molar-refractivity contribution in [1.29, 1.82) is 0 Å². The molecule has 0 bridgehead atoms. The largest absolute Gasteiger partial charge is 0.491 e. The molecular weight excluding hydrogens is 444 g/mol. The van der Waals surface area contributed by atoms with E-state index in [0.29, 0.717) is 40.9 Å². The summed E-state index contributed by atoms with van der Waals surface area (Å²) in [5.74, 6) is 0.631. The number of nitrogens with one attached hydrogen (secondary N) is 1. The summed E-state index contributed by atoms with van der Waals surface area (Å²) in [5.41, 5.74) is 8.16. The first-order valence-electron chi connectivity index (χ1n) is 12.5. The molecule has 1 aromatic heterocycles. The lowest BCUT2D eigenvalue weighted by molar-refractivity contribution is -0.911. The highest BCUT2D eigenvalue weighted by atomic mass is 16.5. The minimum absolute atomic E-state index is 0.0491. The van der Waals surface area contributed by atoms with E-state index in [9.17, 15) is 15.1 Å². The second kappa shape index (κ2) is 10.2. The molecule has 2 aliphatic carbocycles. The Hall–Kier alpha value is -3.13. The molecule has 0 unspecified atom stereocenters. The number of ether oxygens (including phenoxy) is 1. The Morgan fingerprint density at radius 1 is 1.29 bits per heavy atom. The summed E-state index contributed by atoms with van der Waals surface area (Å²) in [6, 6.07) is 8.74. The summed E-state index contributed by atoms with van der Waals surface area (Å²) in [4.78, 5) is 17.8. The Kier molecular flexibility index (Phi) is 7.31. The molecule has 2 fully saturated rings. The number of benzene rings is 1. The molecule has 1 amide bonds. The van der Waals surface area contributed by atoms with Crippen molar-refractivity contribution in [2.75, 3.05) is 17.7 Å². The Morgan fingerprint density at radius 2 is 2.00 bits per heavy atom. The maximum Gasteiger partial charge on any atom is 0.325 e. The van der Waals surface area contributed by atoms with Crippen molar-refractivity contribution >= 4 is 23.5 Å². The average Bonchev–Trinajstić information content (AvgIpc) is 3.63. The van der Waals surface area contributed by atoms with Gasteiger partial charge in [-0.2, -0.15) is 0 Å². The Balaban J connectivity index is 1.58. The number of pyridine rings is 1. The van der Waals surface area contributed by atoms with Crippen LogP contribution in [-0.4, -0.2) is 40.7 Å². The van der Waals surface area contributed by atoms with Gasteiger partial charge in [-0.1, -0.05) is 13.8 Å². The van der Waals surface area contributed by atoms with Gasteiger partial charge in [0.25, 0.3) is 0 Å². The zero-order chi connectivity index (χ0) is 25.2. The number of aromatic nitrogens is 1. The number of hydrogen-bond donors (Lipinski definition) is 4. The number of nitrogens with zero attached hydrogens (tertiary/aromatic N) is 2. The molecular formula is C27H37N4O4+. The van der Waals surface area contributed by atoms with Crippen molar-refractivity contribution in [3.63, 3.8) is 0 Å². The molecule has 1 heterocycles. The summed E-state index contributed by atoms with van der Waals surface area (Å²) in [7, 11) is 0. The molecule has 4 rings (SSSR count). The van der Waals surface area contributed by atoms with Crippen molar-refractivity contribution in [3.05, 3.63) is 47.3 Å². The first-order valence-corrected chi connectivity index (χ1v) is 12.5. The van der Waals surface area contributed by atoms with Crippen LogP contribution in [-0.2, 0) is 0 Å². The van der Waals surface area contributed by atoms with E-state index < -0.39 is 11.5 Å². The number of carbonyl (C=O) groups excluding carboxylic acids is 1. The third-order valence-electron chi connectivity index (χ3n) is 6.88. The number of nitrogen functional groups attached to an aromatic ring is 1. The fourth-order valence-corrected chi connectivity index (χ4v) is 4.31. The van der Waals surface area contributed by atoms with Gasteiger partial charge in [-0.25, -0.2) is 0 Å². The van der Waals surface area contributed by atoms with E-state index in [0.717, 1.165) is 43.3 Å². The Morgan fingerprint density at radius 3 is 2.66 bits per heavy atom. The van der Waals surface area contributed by atoms with Crippen LogP contribution in [0.15, 0.2) is 35.3 Å². The molecule has 2 saturated carbocycles. The van der Waals surface area contributed by atoms with Crippen LogP contribution < -0.4 is 20.5 Å². The van der Waals surface area contributed by atoms with E-state index in [1.165, 1.54) is 0 Å². The molecule has 2 aromatic rings. The number of amides is 1. The van der Waals surface area contributed by atoms with Gasteiger partial charge in [0.05, 0.1) is 23.9 Å². The average molecular weight is 482 g/mol. The number of anilines is 2. The van der Waals surface area contributed by atoms with Crippen LogP contribution in [0.1, 0.15) is 87.0 Å². The van der Waals surface area contributed by atoms with Crippen LogP contribution in [0.4, 0.5) is 11.4 Å². The molecule has 0 atom stereocenters. The quantitative estimate of drug-likeness (QED) is 0.196. The predicted molar refractivity (Wildman–Crippen MR) is 135 cm³/mol. The van der Waals surface area contributed by atoms with Gasteiger partial charge < -0.3 is 20.9 Å². The molecule has 35 heavy (non-hydrogen) atoms. The van der Waals surface area contributed by atoms with Crippen LogP contribution >= 0.6 is 0 Å². The Labute approximate surface area is 206 Å². The fourth-order valence-electron chi connectivity index (χ4n) is 4.31. The predicted octanol–water partition coefficient (Wildman–Crippen LogP) is 4.07. The molecule has 0 radical (unpaired) electrons. The van der Waals surface area contributed by atoms with Crippen LogP contribution in [0.5, 0.6) is 5.75 Å². The van der Waals surface area contributed by atoms with Gasteiger partial charge in [0.15, 0.2) is 0 Å². The van der Waals surface area contributed by atoms with Crippen molar-refractivity contribution in [2.45, 2.75) is 76.9 Å². The van der Waals surface area contributed by atoms with Gasteiger partial charge in [0, 0.05) is 46.3 Å². The second-order valence-electron chi connectivity index (χ2n) is 10.5. The normalized spacial score (nSPS) is 22.5. The maximum atomic E-state index is 13.1. The van der Waals surface area contributed by atoms with E-state index >= 15 is 0 Å². The van der Waals surface area contributed by atoms with Crippen LogP contribution in [0.2, 0.25) is 0 Å². The summed E-state index contributed by atoms with van der Waals surface area (Å²) < 4.78 is 6.94. The van der Waals surface area contributed by atoms with Crippen molar-refractivity contribution in [2.24, 2.45) is 10.9 Å². The third kappa shape index (κ3) is 6.31. The number of rotatable bonds is 8. The molecule has 8 heteroatoms. The first-order chi connectivity index (χ1) is 16.6. The van der Waals surface area contributed by atoms with Crippen LogP contribution in [0, 0.1) is 5.92 Å². The third-order valence-corrected chi connectivity index (χ3v) is 6.88. The second-order valence-corrected chi connectivity index (χ2v) is 10.5. The molecule has 1 aromatic carbocycles. The highest BCUT2D eigenvalue weighted by Gasteiger charge is 2.29. The number of nitrogens with two attached hydrogens (primary N) is 1. The molecule has 188 valence electrons. The minimum atomic E-state index is -0.612. The highest BCUT2D eigenvalue weighted by molar-refractivity contribution is 6.04. The summed E-state index contributed by atoms with van der Waals surface area (Å²) >= 11 is 0. The van der Waals surface area contributed by atoms with E-state index in [2.05, 4.69) is 5.32 Å². The first kappa shape index (κ1) is 25.0. The van der Waals surface area contributed by atoms with Gasteiger partial charge >= 0.3 is 11.6 Å². The van der Waals surface area contributed by atoms with Gasteiger partial charge in [-0.15, -0.1) is 0 Å². The zero-order valence-corrected chi connectivity index (χ0v) is 20.8. The summed E-state index contributed by atoms with van der Waals surface area (Å²) in [6.07, 6.45) is 7.10. The highest BCUT2D eigenvalue weighted by Crippen LogP contribution is 2.35. The monoisotopic (exact) mass is 481 g/mol. The molecule has 0 spiro atoms. The van der Waals surface area contributed by atoms with E-state index in [1.54, 1.807) is 36.5 Å². The van der Waals surface area contributed by atoms with Gasteiger partial charge in [-0.05, 0) is 63.5 Å². The van der Waals surface area contributed by atoms with Crippen molar-refractivity contribution in [3.8, 4) is 5.75 Å². The lowest BCUT2D eigenvalue weighted by Crippen LogP contribution is -2.43. The van der Waals surface area contributed by atoms with Gasteiger partial charge in [-0.3, -0.25) is 15.0 Å². The molecule has 0 saturated heterocycles. The van der Waals surface area contributed by atoms with Gasteiger partial charge in [0.2, 0.25) is 5.69 Å². The van der Waals surface area contributed by atoms with Gasteiger partial charge in [0.1, 0.15) is 5.75 Å². The minimum Gasteiger partial charge on any atom is -0.491 e. The SMILES string of the molecule is CC(C)c1cccc(C(=O)Nc2cc(C=NC3CCC(C)(O)CC3)c(N)cc2OCC2CC2)[n+]1O. The number of aliphatic hydroxyl groups is 1. The topological polar surface area (TPSA) is 121 Å². The number of carbonyl (C=O) groups is 1. The van der Waals surface area contributed by atoms with Crippen molar-refractivity contribution in [1.82, 2.24) is 0 Å². The smallest absolute Gasteiger partial charge is 0.325 e. The summed E-state index contributed by atoms with van der Waals surface area (Å²) in [5, 5.41) is 23.7. The lowest BCUT2D eigenvalue weighted by atomic mass is 9.84. The maximum absolute atomic E-state index is 13.1. The molecule has 5 N–H and O–H groups in total. The number of aliphatic imine (C=N–C) groups is 1. The van der Waals surface area contributed by atoms with E-state index in [4.69, 9.17) is 15.5 Å². The lowest BCUT2D eigenvalue weighted by Gasteiger charge is -2.31. The van der Waals surface area contributed by atoms with E-state index in [-0.39, 0.29) is 17.7 Å². The summed E-state index contributed by atoms with van der Waals surface area (Å²) in [6.45, 7) is 6.34. The number of hydrogen-bond acceptors (Lipinski definition) is 6. The van der Waals surface area contributed by atoms with Crippen LogP contribution in [0.3, 0.4) is 0 Å². The molecule has 2 aliphatic rings. The van der Waals surface area contributed by atoms with Crippen LogP contribution in [0.25, 0.3) is 0 Å². The molecule has 8 nitrogen and oxygen atoms in total. The molecule has 0 aliphatic heterocycles. The Bertz CT molecular complexity index is 1100. The van der Waals surface area contributed by atoms with Crippen molar-refractivity contribution < 1.29 is 24.6 Å². The zero-order valence-electron chi connectivity index (χ0n) is 20.8.